The highest BCUT2D eigenvalue weighted by Crippen LogP contribution is 2.54. The quantitative estimate of drug-likeness (QED) is 0.618. The van der Waals surface area contributed by atoms with Gasteiger partial charge in [0, 0.05) is 5.92 Å². The van der Waals surface area contributed by atoms with Crippen LogP contribution in [0.2, 0.25) is 0 Å². The van der Waals surface area contributed by atoms with Crippen molar-refractivity contribution >= 4 is 10.1 Å². The largest absolute Gasteiger partial charge is 0.369 e. The van der Waals surface area contributed by atoms with E-state index in [0.717, 1.165) is 0 Å². The van der Waals surface area contributed by atoms with Crippen LogP contribution < -0.4 is 0 Å². The second-order valence-corrected chi connectivity index (χ2v) is 6.78. The molecular weight excluding hydrogens is 230 g/mol. The molecule has 6 atom stereocenters. The monoisotopic (exact) mass is 243 g/mol. The van der Waals surface area contributed by atoms with Gasteiger partial charge in [-0.3, -0.25) is 4.18 Å². The van der Waals surface area contributed by atoms with Gasteiger partial charge in [-0.05, 0) is 5.92 Å². The average molecular weight is 243 g/mol. The van der Waals surface area contributed by atoms with Crippen LogP contribution in [0.1, 0.15) is 13.8 Å². The summed E-state index contributed by atoms with van der Waals surface area (Å²) >= 11 is 0. The van der Waals surface area contributed by atoms with E-state index in [2.05, 4.69) is 6.07 Å². The van der Waals surface area contributed by atoms with Crippen LogP contribution in [0.3, 0.4) is 0 Å². The zero-order chi connectivity index (χ0) is 11.7. The van der Waals surface area contributed by atoms with Crippen molar-refractivity contribution in [3.63, 3.8) is 0 Å². The van der Waals surface area contributed by atoms with Crippen molar-refractivity contribution in [2.24, 2.45) is 17.8 Å². The summed E-state index contributed by atoms with van der Waals surface area (Å²) in [5.74, 6) is -0.297. The van der Waals surface area contributed by atoms with Crippen LogP contribution in [0.4, 0.5) is 0 Å². The molecule has 6 heteroatoms. The number of hydrogen-bond donors (Lipinski definition) is 0. The Bertz CT molecular complexity index is 466. The first kappa shape index (κ1) is 10.5. The fraction of sp³-hybridized carbons (Fsp3) is 0.900. The smallest absolute Gasteiger partial charge is 0.274 e. The molecule has 0 saturated carbocycles. The maximum absolute atomic E-state index is 11.8. The molecule has 0 spiro atoms. The number of rotatable bonds is 1. The number of nitrogens with zero attached hydrogens (tertiary/aromatic N) is 1. The zero-order valence-electron chi connectivity index (χ0n) is 9.03. The minimum Gasteiger partial charge on any atom is -0.369 e. The van der Waals surface area contributed by atoms with E-state index in [4.69, 9.17) is 14.2 Å². The highest BCUT2D eigenvalue weighted by molar-refractivity contribution is 7.87. The Labute approximate surface area is 94.5 Å². The minimum atomic E-state index is -3.61. The lowest BCUT2D eigenvalue weighted by atomic mass is 9.74. The topological polar surface area (TPSA) is 76.4 Å². The van der Waals surface area contributed by atoms with Crippen molar-refractivity contribution in [1.82, 2.24) is 0 Å². The third-order valence-corrected chi connectivity index (χ3v) is 5.64. The van der Waals surface area contributed by atoms with E-state index < -0.39 is 27.4 Å². The molecule has 0 aromatic carbocycles. The summed E-state index contributed by atoms with van der Waals surface area (Å²) < 4.78 is 34.3. The van der Waals surface area contributed by atoms with Crippen LogP contribution in [-0.2, 0) is 19.0 Å². The fourth-order valence-electron chi connectivity index (χ4n) is 3.32. The van der Waals surface area contributed by atoms with Crippen molar-refractivity contribution in [2.45, 2.75) is 37.4 Å². The summed E-state index contributed by atoms with van der Waals surface area (Å²) in [7, 11) is -3.61. The number of nitriles is 1. The van der Waals surface area contributed by atoms with Crippen molar-refractivity contribution in [1.29, 1.82) is 5.26 Å². The van der Waals surface area contributed by atoms with Crippen molar-refractivity contribution in [3.8, 4) is 6.07 Å². The lowest BCUT2D eigenvalue weighted by molar-refractivity contribution is 0.0742. The fourth-order valence-corrected chi connectivity index (χ4v) is 5.12. The lowest BCUT2D eigenvalue weighted by Crippen LogP contribution is -2.42. The minimum absolute atomic E-state index is 0.0168. The molecule has 3 fully saturated rings. The van der Waals surface area contributed by atoms with Gasteiger partial charge in [0.25, 0.3) is 10.1 Å². The Morgan fingerprint density at radius 3 is 2.50 bits per heavy atom. The molecule has 3 aliphatic rings. The van der Waals surface area contributed by atoms with Crippen LogP contribution >= 0.6 is 0 Å². The van der Waals surface area contributed by atoms with Gasteiger partial charge in [-0.2, -0.15) is 13.7 Å². The van der Waals surface area contributed by atoms with Gasteiger partial charge >= 0.3 is 0 Å². The van der Waals surface area contributed by atoms with E-state index in [0.29, 0.717) is 0 Å². The zero-order valence-corrected chi connectivity index (χ0v) is 9.85. The van der Waals surface area contributed by atoms with E-state index in [1.54, 1.807) is 0 Å². The molecule has 16 heavy (non-hydrogen) atoms. The third kappa shape index (κ3) is 1.04. The summed E-state index contributed by atoms with van der Waals surface area (Å²) in [6, 6.07) is 2.08. The Balaban J connectivity index is 2.09. The highest BCUT2D eigenvalue weighted by atomic mass is 32.2. The Hall–Kier alpha value is -0.640. The van der Waals surface area contributed by atoms with Gasteiger partial charge in [-0.25, -0.2) is 0 Å². The first-order valence-corrected chi connectivity index (χ1v) is 6.91. The summed E-state index contributed by atoms with van der Waals surface area (Å²) in [4.78, 5) is 0. The molecular formula is C10H13NO4S. The molecule has 5 nitrogen and oxygen atoms in total. The van der Waals surface area contributed by atoms with E-state index >= 15 is 0 Å². The van der Waals surface area contributed by atoms with Gasteiger partial charge in [-0.1, -0.05) is 13.8 Å². The molecule has 3 aliphatic heterocycles. The first-order valence-electron chi connectivity index (χ1n) is 5.44. The molecule has 0 radical (unpaired) electrons. The van der Waals surface area contributed by atoms with Crippen LogP contribution in [0.15, 0.2) is 0 Å². The summed E-state index contributed by atoms with van der Waals surface area (Å²) in [5, 5.41) is 8.33. The predicted octanol–water partition coefficient (Wildman–Crippen LogP) is 0.277. The summed E-state index contributed by atoms with van der Waals surface area (Å²) in [6.45, 7) is 4.01. The number of fused-ring (bicyclic) bond motifs is 1. The van der Waals surface area contributed by atoms with Crippen LogP contribution in [0.5, 0.6) is 0 Å². The molecule has 0 N–H and O–H groups in total. The number of hydrogen-bond acceptors (Lipinski definition) is 5. The normalized spacial score (nSPS) is 52.1. The molecule has 3 heterocycles. The molecule has 6 unspecified atom stereocenters. The summed E-state index contributed by atoms with van der Waals surface area (Å²) in [6.07, 6.45) is -1.07. The number of ether oxygens (including phenoxy) is 1. The molecule has 88 valence electrons. The Morgan fingerprint density at radius 1 is 1.25 bits per heavy atom. The van der Waals surface area contributed by atoms with Gasteiger partial charge in [0.05, 0.1) is 18.1 Å². The third-order valence-electron chi connectivity index (χ3n) is 3.93. The Morgan fingerprint density at radius 2 is 1.94 bits per heavy atom. The molecule has 3 saturated heterocycles. The van der Waals surface area contributed by atoms with Gasteiger partial charge < -0.3 is 4.74 Å². The maximum Gasteiger partial charge on any atom is 0.274 e. The van der Waals surface area contributed by atoms with E-state index in [1.165, 1.54) is 0 Å². The van der Waals surface area contributed by atoms with Crippen LogP contribution in [0, 0.1) is 29.1 Å². The second kappa shape index (κ2) is 2.97. The van der Waals surface area contributed by atoms with E-state index in [-0.39, 0.29) is 24.0 Å². The first-order chi connectivity index (χ1) is 7.47. The molecule has 3 rings (SSSR count). The van der Waals surface area contributed by atoms with Crippen molar-refractivity contribution in [3.05, 3.63) is 0 Å². The summed E-state index contributed by atoms with van der Waals surface area (Å²) in [5.41, 5.74) is 0. The van der Waals surface area contributed by atoms with Crippen molar-refractivity contribution < 1.29 is 17.3 Å². The molecule has 0 aromatic heterocycles. The molecule has 0 aromatic rings. The lowest BCUT2D eigenvalue weighted by Gasteiger charge is -2.27. The van der Waals surface area contributed by atoms with Gasteiger partial charge in [-0.15, -0.1) is 0 Å². The van der Waals surface area contributed by atoms with Crippen LogP contribution in [-0.4, -0.2) is 32.0 Å². The van der Waals surface area contributed by atoms with Crippen LogP contribution in [0.25, 0.3) is 0 Å². The Kier molecular flexibility index (Phi) is 1.95. The maximum atomic E-state index is 11.8. The highest BCUT2D eigenvalue weighted by Gasteiger charge is 2.70. The second-order valence-electron chi connectivity index (χ2n) is 5.06. The van der Waals surface area contributed by atoms with Crippen molar-refractivity contribution in [2.75, 3.05) is 0 Å². The molecule has 0 aliphatic carbocycles. The SMILES string of the molecule is CC(C)C1C2OC3C1OS(=O)(=O)C3C2C#N. The molecule has 0 amide bonds. The van der Waals surface area contributed by atoms with Gasteiger partial charge in [0.1, 0.15) is 17.5 Å². The van der Waals surface area contributed by atoms with E-state index in [9.17, 15) is 8.42 Å². The standard InChI is InChI=1S/C10H13NO4S/c1-4(2)6-7-5(3-11)10-9(14-7)8(6)15-16(10,12)13/h4-10H,1-2H3. The predicted molar refractivity (Wildman–Crippen MR) is 53.7 cm³/mol. The average Bonchev–Trinajstić information content (AvgIpc) is 2.74. The van der Waals surface area contributed by atoms with Gasteiger partial charge in [0.2, 0.25) is 0 Å². The van der Waals surface area contributed by atoms with Gasteiger partial charge in [0.15, 0.2) is 0 Å². The molecule has 2 bridgehead atoms. The van der Waals surface area contributed by atoms with E-state index in [1.807, 2.05) is 13.8 Å².